The Hall–Kier alpha value is -2.96. The highest BCUT2D eigenvalue weighted by Gasteiger charge is 2.25. The van der Waals surface area contributed by atoms with Gasteiger partial charge in [-0.15, -0.1) is 0 Å². The van der Waals surface area contributed by atoms with E-state index in [1.807, 2.05) is 6.92 Å². The fourth-order valence-electron chi connectivity index (χ4n) is 3.57. The molecule has 0 spiro atoms. The molecule has 0 saturated carbocycles. The number of carbonyl (C=O) groups is 1. The van der Waals surface area contributed by atoms with Crippen LogP contribution in [0.25, 0.3) is 0 Å². The number of hydrogen-bond donors (Lipinski definition) is 0. The minimum Gasteiger partial charge on any atom is -0.371 e. The third kappa shape index (κ3) is 4.47. The van der Waals surface area contributed by atoms with Gasteiger partial charge < -0.3 is 9.80 Å². The molecule has 6 nitrogen and oxygen atoms in total. The maximum atomic E-state index is 13.5. The Bertz CT molecular complexity index is 866. The molecular formula is C21H24FN3O3. The lowest BCUT2D eigenvalue weighted by atomic mass is 10.0. The lowest BCUT2D eigenvalue weighted by molar-refractivity contribution is -0.384. The average molecular weight is 385 g/mol. The van der Waals surface area contributed by atoms with Crippen LogP contribution in [0.15, 0.2) is 42.5 Å². The Morgan fingerprint density at radius 2 is 1.93 bits per heavy atom. The summed E-state index contributed by atoms with van der Waals surface area (Å²) in [4.78, 5) is 27.8. The second kappa shape index (κ2) is 8.82. The van der Waals surface area contributed by atoms with Gasteiger partial charge in [0, 0.05) is 38.3 Å². The normalized spacial score (nSPS) is 14.0. The minimum absolute atomic E-state index is 0.106. The summed E-state index contributed by atoms with van der Waals surface area (Å²) in [5.74, 6) is -0.638. The molecule has 28 heavy (non-hydrogen) atoms. The molecule has 2 aromatic carbocycles. The van der Waals surface area contributed by atoms with Crippen LogP contribution in [0, 0.1) is 15.9 Å². The van der Waals surface area contributed by atoms with Crippen molar-refractivity contribution >= 4 is 17.3 Å². The Balaban J connectivity index is 1.94. The maximum absolute atomic E-state index is 13.5. The summed E-state index contributed by atoms with van der Waals surface area (Å²) in [5, 5.41) is 11.3. The molecule has 1 fully saturated rings. The van der Waals surface area contributed by atoms with E-state index >= 15 is 0 Å². The molecule has 1 saturated heterocycles. The van der Waals surface area contributed by atoms with Gasteiger partial charge in [0.25, 0.3) is 11.6 Å². The van der Waals surface area contributed by atoms with Crippen LogP contribution in [-0.4, -0.2) is 35.4 Å². The average Bonchev–Trinajstić information content (AvgIpc) is 2.71. The van der Waals surface area contributed by atoms with E-state index in [1.165, 1.54) is 24.3 Å². The molecule has 0 radical (unpaired) electrons. The molecular weight excluding hydrogens is 361 g/mol. The number of halogens is 1. The Labute approximate surface area is 163 Å². The van der Waals surface area contributed by atoms with Gasteiger partial charge in [0.1, 0.15) is 5.82 Å². The van der Waals surface area contributed by atoms with Crippen molar-refractivity contribution in [1.29, 1.82) is 0 Å². The summed E-state index contributed by atoms with van der Waals surface area (Å²) in [6, 6.07) is 10.6. The van der Waals surface area contributed by atoms with E-state index in [2.05, 4.69) is 4.90 Å². The summed E-state index contributed by atoms with van der Waals surface area (Å²) >= 11 is 0. The number of benzene rings is 2. The summed E-state index contributed by atoms with van der Waals surface area (Å²) in [5.41, 5.74) is 1.63. The second-order valence-electron chi connectivity index (χ2n) is 6.96. The van der Waals surface area contributed by atoms with Crippen molar-refractivity contribution in [2.45, 2.75) is 32.7 Å². The number of carbonyl (C=O) groups excluding carboxylic acids is 1. The largest absolute Gasteiger partial charge is 0.371 e. The molecule has 7 heteroatoms. The predicted molar refractivity (Wildman–Crippen MR) is 106 cm³/mol. The molecule has 2 aromatic rings. The fourth-order valence-corrected chi connectivity index (χ4v) is 3.57. The Kier molecular flexibility index (Phi) is 6.23. The minimum atomic E-state index is -0.486. The van der Waals surface area contributed by atoms with Crippen LogP contribution in [0.3, 0.4) is 0 Å². The SMILES string of the molecule is CCN(Cc1cccc(F)c1)C(=O)c1cc([N+](=O)[O-])ccc1N1CCCCC1. The van der Waals surface area contributed by atoms with Gasteiger partial charge in [-0.3, -0.25) is 14.9 Å². The van der Waals surface area contributed by atoms with Gasteiger partial charge in [0.05, 0.1) is 16.2 Å². The van der Waals surface area contributed by atoms with E-state index < -0.39 is 4.92 Å². The summed E-state index contributed by atoms with van der Waals surface area (Å²) in [7, 11) is 0. The van der Waals surface area contributed by atoms with Crippen LogP contribution in [0.4, 0.5) is 15.8 Å². The number of nitrogens with zero attached hydrogens (tertiary/aromatic N) is 3. The van der Waals surface area contributed by atoms with Gasteiger partial charge >= 0.3 is 0 Å². The molecule has 0 unspecified atom stereocenters. The first-order valence-electron chi connectivity index (χ1n) is 9.56. The molecule has 0 aromatic heterocycles. The first-order chi connectivity index (χ1) is 13.5. The number of nitro benzene ring substituents is 1. The zero-order valence-electron chi connectivity index (χ0n) is 15.9. The highest BCUT2D eigenvalue weighted by Crippen LogP contribution is 2.29. The molecule has 1 aliphatic rings. The predicted octanol–water partition coefficient (Wildman–Crippen LogP) is 4.39. The smallest absolute Gasteiger partial charge is 0.270 e. The Morgan fingerprint density at radius 1 is 1.18 bits per heavy atom. The van der Waals surface area contributed by atoms with Crippen LogP contribution in [0.2, 0.25) is 0 Å². The van der Waals surface area contributed by atoms with E-state index in [4.69, 9.17) is 0 Å². The van der Waals surface area contributed by atoms with Crippen molar-refractivity contribution in [2.75, 3.05) is 24.5 Å². The second-order valence-corrected chi connectivity index (χ2v) is 6.96. The van der Waals surface area contributed by atoms with E-state index in [0.717, 1.165) is 38.0 Å². The standard InChI is InChI=1S/C21H24FN3O3/c1-2-23(15-16-7-6-8-17(22)13-16)21(26)19-14-18(25(27)28)9-10-20(19)24-11-4-3-5-12-24/h6-10,13-14H,2-5,11-12,15H2,1H3. The van der Waals surface area contributed by atoms with Gasteiger partial charge in [-0.05, 0) is 49.9 Å². The molecule has 0 atom stereocenters. The molecule has 0 N–H and O–H groups in total. The number of piperidine rings is 1. The molecule has 1 aliphatic heterocycles. The third-order valence-corrected chi connectivity index (χ3v) is 5.05. The molecule has 1 amide bonds. The number of nitro groups is 1. The lowest BCUT2D eigenvalue weighted by Gasteiger charge is -2.31. The number of amides is 1. The van der Waals surface area contributed by atoms with Crippen molar-refractivity contribution < 1.29 is 14.1 Å². The van der Waals surface area contributed by atoms with Gasteiger partial charge in [-0.1, -0.05) is 12.1 Å². The zero-order chi connectivity index (χ0) is 20.1. The molecule has 3 rings (SSSR count). The van der Waals surface area contributed by atoms with E-state index in [1.54, 1.807) is 23.1 Å². The van der Waals surface area contributed by atoms with Gasteiger partial charge in [0.2, 0.25) is 0 Å². The first kappa shape index (κ1) is 19.8. The summed E-state index contributed by atoms with van der Waals surface area (Å²) < 4.78 is 13.5. The van der Waals surface area contributed by atoms with Crippen molar-refractivity contribution in [2.24, 2.45) is 0 Å². The van der Waals surface area contributed by atoms with Crippen molar-refractivity contribution in [1.82, 2.24) is 4.90 Å². The highest BCUT2D eigenvalue weighted by molar-refractivity contribution is 6.00. The van der Waals surface area contributed by atoms with Gasteiger partial charge in [0.15, 0.2) is 0 Å². The number of rotatable bonds is 6. The van der Waals surface area contributed by atoms with Gasteiger partial charge in [-0.25, -0.2) is 4.39 Å². The van der Waals surface area contributed by atoms with E-state index in [0.29, 0.717) is 17.7 Å². The van der Waals surface area contributed by atoms with E-state index in [-0.39, 0.29) is 24.0 Å². The van der Waals surface area contributed by atoms with Gasteiger partial charge in [-0.2, -0.15) is 0 Å². The first-order valence-corrected chi connectivity index (χ1v) is 9.56. The molecule has 1 heterocycles. The number of non-ortho nitro benzene ring substituents is 1. The summed E-state index contributed by atoms with van der Waals surface area (Å²) in [6.45, 7) is 4.16. The quantitative estimate of drug-likeness (QED) is 0.546. The molecule has 0 aliphatic carbocycles. The highest BCUT2D eigenvalue weighted by atomic mass is 19.1. The lowest BCUT2D eigenvalue weighted by Crippen LogP contribution is -2.34. The molecule has 0 bridgehead atoms. The van der Waals surface area contributed by atoms with Crippen molar-refractivity contribution in [3.63, 3.8) is 0 Å². The monoisotopic (exact) mass is 385 g/mol. The van der Waals surface area contributed by atoms with Crippen LogP contribution in [0.5, 0.6) is 0 Å². The zero-order valence-corrected chi connectivity index (χ0v) is 15.9. The third-order valence-electron chi connectivity index (χ3n) is 5.05. The van der Waals surface area contributed by atoms with Crippen molar-refractivity contribution in [3.05, 3.63) is 69.5 Å². The number of anilines is 1. The van der Waals surface area contributed by atoms with Crippen LogP contribution >= 0.6 is 0 Å². The molecule has 148 valence electrons. The van der Waals surface area contributed by atoms with Crippen molar-refractivity contribution in [3.8, 4) is 0 Å². The van der Waals surface area contributed by atoms with Crippen LogP contribution in [-0.2, 0) is 6.54 Å². The Morgan fingerprint density at radius 3 is 2.57 bits per heavy atom. The van der Waals surface area contributed by atoms with Crippen LogP contribution < -0.4 is 4.90 Å². The van der Waals surface area contributed by atoms with Crippen LogP contribution in [0.1, 0.15) is 42.1 Å². The van der Waals surface area contributed by atoms with E-state index in [9.17, 15) is 19.3 Å². The topological polar surface area (TPSA) is 66.7 Å². The number of hydrogen-bond acceptors (Lipinski definition) is 4. The maximum Gasteiger partial charge on any atom is 0.270 e. The summed E-state index contributed by atoms with van der Waals surface area (Å²) in [6.07, 6.45) is 3.21. The fraction of sp³-hybridized carbons (Fsp3) is 0.381.